The van der Waals surface area contributed by atoms with E-state index in [-0.39, 0.29) is 11.5 Å². The number of anilines is 2. The van der Waals surface area contributed by atoms with Gasteiger partial charge in [0.05, 0.1) is 21.8 Å². The summed E-state index contributed by atoms with van der Waals surface area (Å²) in [6, 6.07) is 22.3. The van der Waals surface area contributed by atoms with Crippen LogP contribution in [0.3, 0.4) is 0 Å². The Kier molecular flexibility index (Phi) is 7.17. The fourth-order valence-electron chi connectivity index (χ4n) is 5.52. The number of aromatic nitrogens is 1. The number of carbonyl (C=O) groups is 1. The number of aryl methyl sites for hydroxylation is 1. The van der Waals surface area contributed by atoms with E-state index in [1.54, 1.807) is 16.7 Å². The minimum Gasteiger partial charge on any atom is -0.371 e. The number of amides is 1. The summed E-state index contributed by atoms with van der Waals surface area (Å²) in [6.07, 6.45) is 4.37. The highest BCUT2D eigenvalue weighted by Crippen LogP contribution is 2.31. The van der Waals surface area contributed by atoms with E-state index in [9.17, 15) is 9.59 Å². The number of benzene rings is 3. The number of carbonyl (C=O) groups excluding carboxylic acids is 1. The summed E-state index contributed by atoms with van der Waals surface area (Å²) in [5, 5.41) is 3.56. The number of thiazole rings is 1. The van der Waals surface area contributed by atoms with E-state index in [0.717, 1.165) is 24.2 Å². The molecule has 1 aromatic heterocycles. The first-order valence-electron chi connectivity index (χ1n) is 13.4. The molecule has 1 N–H and O–H groups in total. The van der Waals surface area contributed by atoms with Crippen molar-refractivity contribution < 1.29 is 4.79 Å². The van der Waals surface area contributed by atoms with Gasteiger partial charge in [0, 0.05) is 29.5 Å². The molecule has 1 fully saturated rings. The lowest BCUT2D eigenvalue weighted by Crippen LogP contribution is -2.40. The van der Waals surface area contributed by atoms with Gasteiger partial charge in [-0.3, -0.25) is 14.2 Å². The molecule has 1 atom stereocenters. The van der Waals surface area contributed by atoms with E-state index in [0.29, 0.717) is 31.3 Å². The molecule has 202 valence electrons. The normalized spacial score (nSPS) is 17.1. The predicted molar refractivity (Wildman–Crippen MR) is 163 cm³/mol. The average Bonchev–Trinajstić information content (AvgIpc) is 3.57. The third-order valence-electron chi connectivity index (χ3n) is 7.45. The second kappa shape index (κ2) is 10.9. The second-order valence-electron chi connectivity index (χ2n) is 10.2. The van der Waals surface area contributed by atoms with Crippen molar-refractivity contribution in [3.63, 3.8) is 0 Å². The van der Waals surface area contributed by atoms with E-state index >= 15 is 0 Å². The van der Waals surface area contributed by atoms with Gasteiger partial charge < -0.3 is 10.2 Å². The number of hydrogen-bond donors (Lipinski definition) is 1. The van der Waals surface area contributed by atoms with Crippen molar-refractivity contribution in [2.24, 2.45) is 4.99 Å². The van der Waals surface area contributed by atoms with Gasteiger partial charge in [-0.05, 0) is 85.9 Å². The molecule has 2 aliphatic heterocycles. The molecule has 0 aliphatic carbocycles. The maximum Gasteiger partial charge on any atom is 0.271 e. The molecule has 3 aromatic carbocycles. The van der Waals surface area contributed by atoms with Crippen LogP contribution in [-0.2, 0) is 4.79 Å². The number of nitrogens with one attached hydrogen (secondary N) is 1. The molecular formula is C32H29ClN4O2S. The van der Waals surface area contributed by atoms with Crippen LogP contribution in [0.2, 0.25) is 5.02 Å². The van der Waals surface area contributed by atoms with E-state index in [2.05, 4.69) is 35.3 Å². The number of para-hydroxylation sites is 1. The monoisotopic (exact) mass is 568 g/mol. The van der Waals surface area contributed by atoms with Crippen LogP contribution in [-0.4, -0.2) is 23.6 Å². The quantitative estimate of drug-likeness (QED) is 0.349. The topological polar surface area (TPSA) is 66.7 Å². The Morgan fingerprint density at radius 3 is 2.45 bits per heavy atom. The first kappa shape index (κ1) is 26.3. The third-order valence-corrected chi connectivity index (χ3v) is 8.68. The fraction of sp³-hybridized carbons (Fsp3) is 0.219. The van der Waals surface area contributed by atoms with Crippen LogP contribution in [0.25, 0.3) is 6.08 Å². The highest BCUT2D eigenvalue weighted by molar-refractivity contribution is 7.07. The first-order chi connectivity index (χ1) is 19.4. The molecule has 0 bridgehead atoms. The second-order valence-corrected chi connectivity index (χ2v) is 11.6. The summed E-state index contributed by atoms with van der Waals surface area (Å²) in [7, 11) is 0. The lowest BCUT2D eigenvalue weighted by atomic mass is 9.95. The Balaban J connectivity index is 1.44. The van der Waals surface area contributed by atoms with Crippen LogP contribution < -0.4 is 25.1 Å². The fourth-order valence-corrected chi connectivity index (χ4v) is 6.70. The molecule has 2 aliphatic rings. The Morgan fingerprint density at radius 1 is 1.02 bits per heavy atom. The van der Waals surface area contributed by atoms with E-state index in [4.69, 9.17) is 16.6 Å². The molecule has 1 saturated heterocycles. The number of rotatable bonds is 5. The first-order valence-corrected chi connectivity index (χ1v) is 14.6. The zero-order chi connectivity index (χ0) is 27.8. The van der Waals surface area contributed by atoms with E-state index in [1.807, 2.05) is 55.5 Å². The molecule has 40 heavy (non-hydrogen) atoms. The van der Waals surface area contributed by atoms with Gasteiger partial charge in [0.1, 0.15) is 0 Å². The molecule has 1 amide bonds. The van der Waals surface area contributed by atoms with Gasteiger partial charge >= 0.3 is 0 Å². The Bertz CT molecular complexity index is 1800. The molecule has 0 spiro atoms. The predicted octanol–water partition coefficient (Wildman–Crippen LogP) is 5.44. The molecule has 0 unspecified atom stereocenters. The van der Waals surface area contributed by atoms with Crippen LogP contribution in [0.1, 0.15) is 42.5 Å². The van der Waals surface area contributed by atoms with Crippen molar-refractivity contribution in [2.45, 2.75) is 32.7 Å². The summed E-state index contributed by atoms with van der Waals surface area (Å²) in [4.78, 5) is 35.3. The van der Waals surface area contributed by atoms with Crippen molar-refractivity contribution in [1.82, 2.24) is 4.57 Å². The van der Waals surface area contributed by atoms with Gasteiger partial charge in [0.2, 0.25) is 0 Å². The maximum absolute atomic E-state index is 14.0. The smallest absolute Gasteiger partial charge is 0.271 e. The summed E-state index contributed by atoms with van der Waals surface area (Å²) < 4.78 is 2.21. The van der Waals surface area contributed by atoms with Crippen LogP contribution in [0.5, 0.6) is 0 Å². The molecule has 0 radical (unpaired) electrons. The Labute approximate surface area is 241 Å². The standard InChI is InChI=1S/C32H29ClN4O2S/c1-20-18-22(10-15-26(20)36-16-6-7-17-36)19-27-31(39)37-29(23-11-13-24(33)14-12-23)28(21(2)34-32(37)40-27)30(38)35-25-8-4-3-5-9-25/h3-5,8-15,18-19,29H,6-7,16-17H2,1-2H3,(H,35,38)/b27-19+/t29-/m1/s1. The molecular weight excluding hydrogens is 540 g/mol. The Morgan fingerprint density at radius 2 is 1.75 bits per heavy atom. The summed E-state index contributed by atoms with van der Waals surface area (Å²) >= 11 is 7.53. The largest absolute Gasteiger partial charge is 0.371 e. The minimum absolute atomic E-state index is 0.178. The Hall–Kier alpha value is -3.94. The number of halogens is 1. The summed E-state index contributed by atoms with van der Waals surface area (Å²) in [6.45, 7) is 6.11. The van der Waals surface area contributed by atoms with Crippen molar-refractivity contribution in [3.05, 3.63) is 125 Å². The van der Waals surface area contributed by atoms with Crippen LogP contribution in [0.4, 0.5) is 11.4 Å². The highest BCUT2D eigenvalue weighted by atomic mass is 35.5. The van der Waals surface area contributed by atoms with Crippen molar-refractivity contribution in [3.8, 4) is 0 Å². The van der Waals surface area contributed by atoms with E-state index in [1.165, 1.54) is 35.4 Å². The summed E-state index contributed by atoms with van der Waals surface area (Å²) in [5.74, 6) is -0.296. The van der Waals surface area contributed by atoms with Crippen molar-refractivity contribution in [2.75, 3.05) is 23.3 Å². The number of hydrogen-bond acceptors (Lipinski definition) is 5. The molecule has 8 heteroatoms. The molecule has 4 aromatic rings. The molecule has 6 nitrogen and oxygen atoms in total. The van der Waals surface area contributed by atoms with Crippen molar-refractivity contribution in [1.29, 1.82) is 0 Å². The van der Waals surface area contributed by atoms with Gasteiger partial charge in [0.15, 0.2) is 4.80 Å². The van der Waals surface area contributed by atoms with Gasteiger partial charge in [0.25, 0.3) is 11.5 Å². The number of fused-ring (bicyclic) bond motifs is 1. The average molecular weight is 569 g/mol. The minimum atomic E-state index is -0.640. The van der Waals surface area contributed by atoms with Gasteiger partial charge in [-0.1, -0.05) is 59.3 Å². The van der Waals surface area contributed by atoms with E-state index < -0.39 is 6.04 Å². The molecule has 0 saturated carbocycles. The number of nitrogens with zero attached hydrogens (tertiary/aromatic N) is 3. The van der Waals surface area contributed by atoms with Gasteiger partial charge in [-0.15, -0.1) is 0 Å². The lowest BCUT2D eigenvalue weighted by molar-refractivity contribution is -0.113. The zero-order valence-corrected chi connectivity index (χ0v) is 23.9. The van der Waals surface area contributed by atoms with Gasteiger partial charge in [-0.25, -0.2) is 4.99 Å². The molecule has 6 rings (SSSR count). The maximum atomic E-state index is 14.0. The molecule has 3 heterocycles. The van der Waals surface area contributed by atoms with Crippen LogP contribution in [0, 0.1) is 6.92 Å². The van der Waals surface area contributed by atoms with Crippen LogP contribution in [0.15, 0.2) is 93.9 Å². The third kappa shape index (κ3) is 5.03. The highest BCUT2D eigenvalue weighted by Gasteiger charge is 2.32. The van der Waals surface area contributed by atoms with Gasteiger partial charge in [-0.2, -0.15) is 0 Å². The lowest BCUT2D eigenvalue weighted by Gasteiger charge is -2.25. The van der Waals surface area contributed by atoms with Crippen molar-refractivity contribution >= 4 is 46.3 Å². The zero-order valence-electron chi connectivity index (χ0n) is 22.4. The van der Waals surface area contributed by atoms with Crippen LogP contribution >= 0.6 is 22.9 Å². The SMILES string of the molecule is CC1=C(C(=O)Nc2ccccc2)[C@@H](c2ccc(Cl)cc2)n2c(s/c(=C/c3ccc(N4CCCC4)c(C)c3)c2=O)=N1. The number of allylic oxidation sites excluding steroid dienone is 1. The summed E-state index contributed by atoms with van der Waals surface area (Å²) in [5.41, 5.74) is 5.70.